The second-order valence-corrected chi connectivity index (χ2v) is 9.76. The van der Waals surface area contributed by atoms with E-state index in [1.807, 2.05) is 26.0 Å². The predicted octanol–water partition coefficient (Wildman–Crippen LogP) is 7.26. The molecule has 2 nitrogen and oxygen atoms in total. The monoisotopic (exact) mass is 384 g/mol. The van der Waals surface area contributed by atoms with Crippen LogP contribution in [0.1, 0.15) is 99.5 Å². The summed E-state index contributed by atoms with van der Waals surface area (Å²) in [5.74, 6) is 3.51. The topological polar surface area (TPSA) is 26.3 Å². The van der Waals surface area contributed by atoms with Gasteiger partial charge in [-0.3, -0.25) is 0 Å². The Bertz CT molecular complexity index is 614. The van der Waals surface area contributed by atoms with Crippen LogP contribution in [0.4, 0.5) is 0 Å². The van der Waals surface area contributed by atoms with Crippen LogP contribution in [-0.4, -0.2) is 12.1 Å². The highest BCUT2D eigenvalue weighted by Crippen LogP contribution is 2.42. The summed E-state index contributed by atoms with van der Waals surface area (Å²) in [6.07, 6.45) is 13.1. The van der Waals surface area contributed by atoms with E-state index in [1.54, 1.807) is 0 Å². The van der Waals surface area contributed by atoms with Crippen molar-refractivity contribution < 1.29 is 9.53 Å². The summed E-state index contributed by atoms with van der Waals surface area (Å²) < 4.78 is 5.86. The SMILES string of the molecule is CCCC(C)C1CCC(C2CCC(OC(=O)c3cc(C)cc(C)c3)CC2)CC1. The van der Waals surface area contributed by atoms with Crippen molar-refractivity contribution in [1.82, 2.24) is 0 Å². The van der Waals surface area contributed by atoms with E-state index in [4.69, 9.17) is 4.74 Å². The Balaban J connectivity index is 1.43. The summed E-state index contributed by atoms with van der Waals surface area (Å²) in [5, 5.41) is 0. The maximum atomic E-state index is 12.5. The number of hydrogen-bond donors (Lipinski definition) is 0. The lowest BCUT2D eigenvalue weighted by Gasteiger charge is -2.39. The molecule has 0 amide bonds. The number of esters is 1. The average molecular weight is 385 g/mol. The molecule has 0 heterocycles. The fourth-order valence-corrected chi connectivity index (χ4v) is 5.87. The predicted molar refractivity (Wildman–Crippen MR) is 117 cm³/mol. The van der Waals surface area contributed by atoms with Crippen LogP contribution in [0, 0.1) is 37.5 Å². The van der Waals surface area contributed by atoms with Gasteiger partial charge >= 0.3 is 5.97 Å². The van der Waals surface area contributed by atoms with E-state index in [1.165, 1.54) is 51.4 Å². The van der Waals surface area contributed by atoms with Crippen LogP contribution in [0.15, 0.2) is 18.2 Å². The number of carbonyl (C=O) groups is 1. The summed E-state index contributed by atoms with van der Waals surface area (Å²) in [6, 6.07) is 5.98. The minimum atomic E-state index is -0.138. The number of carbonyl (C=O) groups excluding carboxylic acids is 1. The third-order valence-electron chi connectivity index (χ3n) is 7.48. The quantitative estimate of drug-likeness (QED) is 0.482. The molecule has 0 aliphatic heterocycles. The standard InChI is InChI=1S/C26H40O2/c1-5-6-20(4)21-7-9-22(10-8-21)23-11-13-25(14-12-23)28-26(27)24-16-18(2)15-19(3)17-24/h15-17,20-23,25H,5-14H2,1-4H3. The van der Waals surface area contributed by atoms with Crippen molar-refractivity contribution in [2.45, 2.75) is 98.0 Å². The van der Waals surface area contributed by atoms with Crippen LogP contribution in [0.25, 0.3) is 0 Å². The first-order valence-corrected chi connectivity index (χ1v) is 11.8. The summed E-state index contributed by atoms with van der Waals surface area (Å²) in [6.45, 7) is 8.84. The Kier molecular flexibility index (Phi) is 7.60. The molecule has 0 radical (unpaired) electrons. The minimum absolute atomic E-state index is 0.116. The number of ether oxygens (including phenoxy) is 1. The molecule has 0 aromatic heterocycles. The van der Waals surface area contributed by atoms with Gasteiger partial charge in [0.1, 0.15) is 6.10 Å². The maximum Gasteiger partial charge on any atom is 0.338 e. The third-order valence-corrected chi connectivity index (χ3v) is 7.48. The number of rotatable bonds is 6. The molecule has 2 fully saturated rings. The molecule has 0 N–H and O–H groups in total. The van der Waals surface area contributed by atoms with Crippen LogP contribution >= 0.6 is 0 Å². The first kappa shape index (κ1) is 21.4. The molecule has 2 aliphatic carbocycles. The van der Waals surface area contributed by atoms with Crippen LogP contribution in [-0.2, 0) is 4.74 Å². The Morgan fingerprint density at radius 3 is 2.00 bits per heavy atom. The second kappa shape index (κ2) is 9.94. The van der Waals surface area contributed by atoms with Gasteiger partial charge in [0, 0.05) is 0 Å². The molecule has 1 aromatic rings. The maximum absolute atomic E-state index is 12.5. The van der Waals surface area contributed by atoms with Gasteiger partial charge in [-0.15, -0.1) is 0 Å². The van der Waals surface area contributed by atoms with Crippen molar-refractivity contribution in [3.8, 4) is 0 Å². The highest BCUT2D eigenvalue weighted by atomic mass is 16.5. The summed E-state index contributed by atoms with van der Waals surface area (Å²) in [4.78, 5) is 12.5. The fourth-order valence-electron chi connectivity index (χ4n) is 5.87. The van der Waals surface area contributed by atoms with E-state index in [0.717, 1.165) is 47.6 Å². The molecule has 1 aromatic carbocycles. The van der Waals surface area contributed by atoms with E-state index < -0.39 is 0 Å². The Morgan fingerprint density at radius 2 is 1.46 bits per heavy atom. The lowest BCUT2D eigenvalue weighted by atomic mass is 9.68. The average Bonchev–Trinajstić information content (AvgIpc) is 2.68. The molecule has 2 aliphatic rings. The molecule has 1 atom stereocenters. The van der Waals surface area contributed by atoms with E-state index in [-0.39, 0.29) is 12.1 Å². The van der Waals surface area contributed by atoms with Gasteiger partial charge in [-0.2, -0.15) is 0 Å². The van der Waals surface area contributed by atoms with Crippen molar-refractivity contribution in [2.24, 2.45) is 23.7 Å². The zero-order valence-electron chi connectivity index (χ0n) is 18.5. The summed E-state index contributed by atoms with van der Waals surface area (Å²) in [7, 11) is 0. The lowest BCUT2D eigenvalue weighted by molar-refractivity contribution is 0.0104. The smallest absolute Gasteiger partial charge is 0.338 e. The molecule has 1 unspecified atom stereocenters. The minimum Gasteiger partial charge on any atom is -0.459 e. The van der Waals surface area contributed by atoms with Gasteiger partial charge in [-0.05, 0) is 101 Å². The number of hydrogen-bond acceptors (Lipinski definition) is 2. The molecule has 2 heteroatoms. The van der Waals surface area contributed by atoms with Crippen molar-refractivity contribution in [3.63, 3.8) is 0 Å². The van der Waals surface area contributed by atoms with Gasteiger partial charge in [0.05, 0.1) is 5.56 Å². The van der Waals surface area contributed by atoms with Crippen molar-refractivity contribution in [3.05, 3.63) is 34.9 Å². The largest absolute Gasteiger partial charge is 0.459 e. The van der Waals surface area contributed by atoms with Gasteiger partial charge in [-0.25, -0.2) is 4.79 Å². The van der Waals surface area contributed by atoms with Gasteiger partial charge in [-0.1, -0.05) is 43.9 Å². The lowest BCUT2D eigenvalue weighted by Crippen LogP contribution is -2.30. The highest BCUT2D eigenvalue weighted by Gasteiger charge is 2.33. The summed E-state index contributed by atoms with van der Waals surface area (Å²) in [5.41, 5.74) is 2.96. The molecular weight excluding hydrogens is 344 g/mol. The van der Waals surface area contributed by atoms with E-state index in [2.05, 4.69) is 19.9 Å². The normalized spacial score (nSPS) is 29.3. The van der Waals surface area contributed by atoms with E-state index in [9.17, 15) is 4.79 Å². The summed E-state index contributed by atoms with van der Waals surface area (Å²) >= 11 is 0. The fraction of sp³-hybridized carbons (Fsp3) is 0.731. The van der Waals surface area contributed by atoms with E-state index in [0.29, 0.717) is 5.56 Å². The van der Waals surface area contributed by atoms with Gasteiger partial charge < -0.3 is 4.74 Å². The van der Waals surface area contributed by atoms with Crippen LogP contribution < -0.4 is 0 Å². The molecule has 28 heavy (non-hydrogen) atoms. The Labute approximate surface area is 172 Å². The van der Waals surface area contributed by atoms with Gasteiger partial charge in [0.2, 0.25) is 0 Å². The van der Waals surface area contributed by atoms with Gasteiger partial charge in [0.25, 0.3) is 0 Å². The molecule has 0 saturated heterocycles. The van der Waals surface area contributed by atoms with Crippen LogP contribution in [0.5, 0.6) is 0 Å². The molecule has 2 saturated carbocycles. The second-order valence-electron chi connectivity index (χ2n) is 9.76. The van der Waals surface area contributed by atoms with Crippen LogP contribution in [0.2, 0.25) is 0 Å². The number of aryl methyl sites for hydroxylation is 2. The van der Waals surface area contributed by atoms with Crippen molar-refractivity contribution in [1.29, 1.82) is 0 Å². The van der Waals surface area contributed by atoms with Crippen molar-refractivity contribution in [2.75, 3.05) is 0 Å². The highest BCUT2D eigenvalue weighted by molar-refractivity contribution is 5.90. The molecule has 0 bridgehead atoms. The van der Waals surface area contributed by atoms with E-state index >= 15 is 0 Å². The van der Waals surface area contributed by atoms with Crippen molar-refractivity contribution >= 4 is 5.97 Å². The third kappa shape index (κ3) is 5.61. The molecule has 0 spiro atoms. The molecule has 156 valence electrons. The molecule has 3 rings (SSSR count). The Hall–Kier alpha value is -1.31. The molecular formula is C26H40O2. The number of benzene rings is 1. The first-order chi connectivity index (χ1) is 13.5. The first-order valence-electron chi connectivity index (χ1n) is 11.8. The zero-order valence-corrected chi connectivity index (χ0v) is 18.5. The Morgan fingerprint density at radius 1 is 0.929 bits per heavy atom. The van der Waals surface area contributed by atoms with Gasteiger partial charge in [0.15, 0.2) is 0 Å². The zero-order chi connectivity index (χ0) is 20.1. The van der Waals surface area contributed by atoms with Crippen LogP contribution in [0.3, 0.4) is 0 Å².